The van der Waals surface area contributed by atoms with Gasteiger partial charge in [-0.15, -0.1) is 0 Å². The zero-order valence-corrected chi connectivity index (χ0v) is 22.4. The van der Waals surface area contributed by atoms with Gasteiger partial charge in [-0.2, -0.15) is 5.10 Å². The van der Waals surface area contributed by atoms with E-state index in [1.807, 2.05) is 6.92 Å². The molecule has 0 radical (unpaired) electrons. The smallest absolute Gasteiger partial charge is 0.182 e. The van der Waals surface area contributed by atoms with Gasteiger partial charge in [0.1, 0.15) is 0 Å². The molecule has 3 aliphatic carbocycles. The summed E-state index contributed by atoms with van der Waals surface area (Å²) < 4.78 is 31.7. The first kappa shape index (κ1) is 24.4. The number of hydrogen-bond donors (Lipinski definition) is 1. The molecule has 1 aliphatic heterocycles. The minimum Gasteiger partial charge on any atom is -0.380 e. The molecule has 3 saturated carbocycles. The highest BCUT2D eigenvalue weighted by molar-refractivity contribution is 5.68. The first-order chi connectivity index (χ1) is 17.2. The van der Waals surface area contributed by atoms with Gasteiger partial charge in [-0.3, -0.25) is 4.68 Å². The largest absolute Gasteiger partial charge is 0.380 e. The molecule has 4 fully saturated rings. The molecule has 6 rings (SSSR count). The van der Waals surface area contributed by atoms with Crippen LogP contribution in [0, 0.1) is 53.6 Å². The lowest BCUT2D eigenvalue weighted by atomic mass is 9.56. The minimum atomic E-state index is -0.790. The molecule has 2 bridgehead atoms. The molecular weight excluding hydrogens is 454 g/mol. The van der Waals surface area contributed by atoms with Crippen molar-refractivity contribution in [3.63, 3.8) is 0 Å². The molecule has 4 aliphatic rings. The second-order valence-corrected chi connectivity index (χ2v) is 13.3. The third kappa shape index (κ3) is 4.48. The van der Waals surface area contributed by atoms with Crippen molar-refractivity contribution < 1.29 is 8.78 Å². The number of aromatic nitrogens is 2. The predicted molar refractivity (Wildman–Crippen MR) is 141 cm³/mol. The van der Waals surface area contributed by atoms with Gasteiger partial charge in [0.25, 0.3) is 0 Å². The van der Waals surface area contributed by atoms with E-state index in [0.29, 0.717) is 28.5 Å². The maximum Gasteiger partial charge on any atom is 0.182 e. The Morgan fingerprint density at radius 1 is 0.944 bits per heavy atom. The highest BCUT2D eigenvalue weighted by atomic mass is 19.2. The van der Waals surface area contributed by atoms with E-state index in [2.05, 4.69) is 29.2 Å². The number of likely N-dealkylation sites (tertiary alicyclic amines) is 1. The summed E-state index contributed by atoms with van der Waals surface area (Å²) in [4.78, 5) is 2.77. The molecular formula is C30H42F2N4. The third-order valence-electron chi connectivity index (χ3n) is 9.89. The zero-order chi connectivity index (χ0) is 25.2. The summed E-state index contributed by atoms with van der Waals surface area (Å²) in [5, 5.41) is 7.64. The van der Waals surface area contributed by atoms with Crippen LogP contribution in [0.25, 0.3) is 11.1 Å². The Morgan fingerprint density at radius 2 is 1.61 bits per heavy atom. The Kier molecular flexibility index (Phi) is 6.17. The monoisotopic (exact) mass is 496 g/mol. The lowest BCUT2D eigenvalue weighted by Crippen LogP contribution is -2.46. The van der Waals surface area contributed by atoms with Gasteiger partial charge in [0, 0.05) is 50.0 Å². The van der Waals surface area contributed by atoms with Crippen LogP contribution in [-0.4, -0.2) is 40.4 Å². The summed E-state index contributed by atoms with van der Waals surface area (Å²) in [5.74, 6) is 2.45. The van der Waals surface area contributed by atoms with E-state index < -0.39 is 11.6 Å². The van der Waals surface area contributed by atoms with Crippen LogP contribution in [0.2, 0.25) is 0 Å². The van der Waals surface area contributed by atoms with Crippen molar-refractivity contribution in [2.75, 3.05) is 25.0 Å². The number of anilines is 1. The molecule has 1 aromatic heterocycles. The number of benzene rings is 1. The van der Waals surface area contributed by atoms with Crippen LogP contribution in [0.1, 0.15) is 64.5 Å². The average Bonchev–Trinajstić information content (AvgIpc) is 3.42. The van der Waals surface area contributed by atoms with Gasteiger partial charge in [0.05, 0.1) is 11.4 Å². The van der Waals surface area contributed by atoms with Crippen LogP contribution in [0.15, 0.2) is 18.3 Å². The third-order valence-corrected chi connectivity index (χ3v) is 9.89. The molecule has 0 spiro atoms. The van der Waals surface area contributed by atoms with Gasteiger partial charge < -0.3 is 10.2 Å². The summed E-state index contributed by atoms with van der Waals surface area (Å²) in [5.41, 5.74) is 2.44. The highest BCUT2D eigenvalue weighted by Gasteiger charge is 2.48. The molecule has 1 N–H and O–H groups in total. The number of hydrogen-bond acceptors (Lipinski definition) is 3. The fraction of sp³-hybridized carbons (Fsp3) is 0.700. The fourth-order valence-electron chi connectivity index (χ4n) is 9.17. The number of fused-ring (bicyclic) bond motifs is 3. The molecule has 1 saturated heterocycles. The van der Waals surface area contributed by atoms with Crippen molar-refractivity contribution in [3.05, 3.63) is 35.7 Å². The maximum absolute atomic E-state index is 15.1. The summed E-state index contributed by atoms with van der Waals surface area (Å²) >= 11 is 0. The Morgan fingerprint density at radius 3 is 2.22 bits per heavy atom. The quantitative estimate of drug-likeness (QED) is 0.503. The molecule has 5 atom stereocenters. The van der Waals surface area contributed by atoms with E-state index in [9.17, 15) is 0 Å². The van der Waals surface area contributed by atoms with Gasteiger partial charge in [-0.25, -0.2) is 8.78 Å². The second-order valence-electron chi connectivity index (χ2n) is 13.3. The van der Waals surface area contributed by atoms with Crippen molar-refractivity contribution in [2.45, 2.75) is 71.8 Å². The van der Waals surface area contributed by atoms with Crippen molar-refractivity contribution >= 4 is 5.69 Å². The molecule has 36 heavy (non-hydrogen) atoms. The van der Waals surface area contributed by atoms with Crippen LogP contribution in [0.4, 0.5) is 14.5 Å². The Balaban J connectivity index is 1.08. The SMILES string of the molecule is Cc1nn(C)cc1-c1ccc(N[C@@H]2C[C@@H]3CN(CC45CC(C)CC(CC(C)C4)C5)C[C@@H]3C2)c(F)c1F. The molecule has 2 heterocycles. The van der Waals surface area contributed by atoms with Crippen molar-refractivity contribution in [1.82, 2.24) is 14.7 Å². The van der Waals surface area contributed by atoms with Gasteiger partial charge in [-0.05, 0) is 99.0 Å². The summed E-state index contributed by atoms with van der Waals surface area (Å²) in [6.07, 6.45) is 11.0. The van der Waals surface area contributed by atoms with E-state index in [4.69, 9.17) is 0 Å². The van der Waals surface area contributed by atoms with Gasteiger partial charge >= 0.3 is 0 Å². The molecule has 0 amide bonds. The van der Waals surface area contributed by atoms with E-state index in [1.54, 1.807) is 30.1 Å². The van der Waals surface area contributed by atoms with Crippen molar-refractivity contribution in [2.24, 2.45) is 42.1 Å². The van der Waals surface area contributed by atoms with E-state index in [1.165, 1.54) is 51.7 Å². The van der Waals surface area contributed by atoms with E-state index in [0.717, 1.165) is 30.6 Å². The van der Waals surface area contributed by atoms with Crippen LogP contribution in [0.5, 0.6) is 0 Å². The number of halogens is 2. The Labute approximate surface area is 214 Å². The molecule has 196 valence electrons. The van der Waals surface area contributed by atoms with Crippen LogP contribution in [-0.2, 0) is 7.05 Å². The first-order valence-electron chi connectivity index (χ1n) is 14.2. The molecule has 6 heteroatoms. The topological polar surface area (TPSA) is 33.1 Å². The summed E-state index contributed by atoms with van der Waals surface area (Å²) in [6, 6.07) is 3.60. The lowest BCUT2D eigenvalue weighted by Gasteiger charge is -2.51. The zero-order valence-electron chi connectivity index (χ0n) is 22.4. The van der Waals surface area contributed by atoms with Gasteiger partial charge in [-0.1, -0.05) is 13.8 Å². The fourth-order valence-corrected chi connectivity index (χ4v) is 9.17. The Bertz CT molecular complexity index is 1090. The van der Waals surface area contributed by atoms with Gasteiger partial charge in [0.15, 0.2) is 11.6 Å². The highest BCUT2D eigenvalue weighted by Crippen LogP contribution is 2.54. The maximum atomic E-state index is 15.1. The average molecular weight is 497 g/mol. The van der Waals surface area contributed by atoms with E-state index >= 15 is 8.78 Å². The number of nitrogens with zero attached hydrogens (tertiary/aromatic N) is 3. The standard InChI is InChI=1S/C30H42F2N4/c1-18-7-21-8-19(2)12-30(11-18,13-21)17-36-14-22-9-24(10-23(22)15-36)33-27-6-5-25(28(31)29(27)32)26-16-35(4)34-20(26)3/h5-6,16,18-19,21-24,33H,7-15,17H2,1-4H3/t18?,19?,21?,22-,23+,24-,30?. The summed E-state index contributed by atoms with van der Waals surface area (Å²) in [6.45, 7) is 10.4. The van der Waals surface area contributed by atoms with Crippen LogP contribution < -0.4 is 5.32 Å². The second kappa shape index (κ2) is 9.11. The number of aryl methyl sites for hydroxylation is 2. The van der Waals surface area contributed by atoms with Crippen LogP contribution >= 0.6 is 0 Å². The van der Waals surface area contributed by atoms with Crippen molar-refractivity contribution in [1.29, 1.82) is 0 Å². The van der Waals surface area contributed by atoms with E-state index in [-0.39, 0.29) is 17.3 Å². The molecule has 4 nitrogen and oxygen atoms in total. The predicted octanol–water partition coefficient (Wildman–Crippen LogP) is 6.65. The minimum absolute atomic E-state index is 0.217. The number of nitrogens with one attached hydrogen (secondary N) is 1. The lowest BCUT2D eigenvalue weighted by molar-refractivity contribution is -0.00648. The molecule has 2 unspecified atom stereocenters. The van der Waals surface area contributed by atoms with Gasteiger partial charge in [0.2, 0.25) is 0 Å². The molecule has 2 aromatic rings. The first-order valence-corrected chi connectivity index (χ1v) is 14.2. The summed E-state index contributed by atoms with van der Waals surface area (Å²) in [7, 11) is 1.79. The molecule has 1 aromatic carbocycles. The van der Waals surface area contributed by atoms with Crippen LogP contribution in [0.3, 0.4) is 0 Å². The Hall–Kier alpha value is -1.95. The normalized spacial score (nSPS) is 36.3. The number of rotatable bonds is 5. The van der Waals surface area contributed by atoms with Crippen molar-refractivity contribution in [3.8, 4) is 11.1 Å².